The van der Waals surface area contributed by atoms with Crippen LogP contribution in [0.15, 0.2) is 11.9 Å². The van der Waals surface area contributed by atoms with Gasteiger partial charge in [0.2, 0.25) is 0 Å². The average Bonchev–Trinajstić information content (AvgIpc) is 3.05. The summed E-state index contributed by atoms with van der Waals surface area (Å²) in [6.07, 6.45) is 2.77. The van der Waals surface area contributed by atoms with Crippen molar-refractivity contribution in [3.05, 3.63) is 11.9 Å². The van der Waals surface area contributed by atoms with Gasteiger partial charge in [-0.2, -0.15) is 0 Å². The molecule has 7 nitrogen and oxygen atoms in total. The largest absolute Gasteiger partial charge is 0.444 e. The molecular formula is C16H25FN4O3. The predicted molar refractivity (Wildman–Crippen MR) is 85.1 cm³/mol. The maximum absolute atomic E-state index is 12.7. The van der Waals surface area contributed by atoms with E-state index in [0.717, 1.165) is 12.8 Å². The Morgan fingerprint density at radius 2 is 1.96 bits per heavy atom. The zero-order chi connectivity index (χ0) is 17.5. The van der Waals surface area contributed by atoms with Crippen molar-refractivity contribution in [2.24, 2.45) is 0 Å². The number of piperidine rings is 1. The monoisotopic (exact) mass is 340 g/mol. The summed E-state index contributed by atoms with van der Waals surface area (Å²) in [4.78, 5) is 31.5. The van der Waals surface area contributed by atoms with Crippen LogP contribution in [0, 0.1) is 0 Å². The molecule has 24 heavy (non-hydrogen) atoms. The summed E-state index contributed by atoms with van der Waals surface area (Å²) in [6, 6.07) is 0.113. The van der Waals surface area contributed by atoms with Gasteiger partial charge in [-0.15, -0.1) is 0 Å². The lowest BCUT2D eigenvalue weighted by Crippen LogP contribution is -2.49. The van der Waals surface area contributed by atoms with Gasteiger partial charge in [-0.05, 0) is 33.6 Å². The van der Waals surface area contributed by atoms with Crippen molar-refractivity contribution in [3.63, 3.8) is 0 Å². The van der Waals surface area contributed by atoms with E-state index < -0.39 is 12.4 Å². The Morgan fingerprint density at radius 3 is 2.50 bits per heavy atom. The molecule has 0 radical (unpaired) electrons. The molecular weight excluding hydrogens is 315 g/mol. The van der Waals surface area contributed by atoms with Gasteiger partial charge in [-0.3, -0.25) is 4.79 Å². The first-order valence-electron chi connectivity index (χ1n) is 8.34. The summed E-state index contributed by atoms with van der Waals surface area (Å²) >= 11 is 0. The van der Waals surface area contributed by atoms with Crippen molar-refractivity contribution in [3.8, 4) is 0 Å². The number of carbonyl (C=O) groups excluding carboxylic acids is 2. The van der Waals surface area contributed by atoms with Gasteiger partial charge in [0.25, 0.3) is 5.91 Å². The van der Waals surface area contributed by atoms with Gasteiger partial charge in [-0.25, -0.2) is 9.18 Å². The van der Waals surface area contributed by atoms with Crippen LogP contribution in [0.1, 0.15) is 33.6 Å². The number of halogens is 1. The van der Waals surface area contributed by atoms with E-state index in [2.05, 4.69) is 0 Å². The molecule has 0 N–H and O–H groups in total. The number of hydrogen-bond donors (Lipinski definition) is 0. The second-order valence-corrected chi connectivity index (χ2v) is 7.52. The van der Waals surface area contributed by atoms with Crippen LogP contribution in [-0.2, 0) is 9.53 Å². The second kappa shape index (κ2) is 6.14. The van der Waals surface area contributed by atoms with Crippen LogP contribution < -0.4 is 0 Å². The fraction of sp³-hybridized carbons (Fsp3) is 0.750. The Labute approximate surface area is 141 Å². The van der Waals surface area contributed by atoms with E-state index >= 15 is 0 Å². The molecule has 0 aromatic carbocycles. The normalized spacial score (nSPS) is 22.2. The Hall–Kier alpha value is -1.99. The highest BCUT2D eigenvalue weighted by Gasteiger charge is 2.41. The highest BCUT2D eigenvalue weighted by Crippen LogP contribution is 2.29. The predicted octanol–water partition coefficient (Wildman–Crippen LogP) is 1.53. The molecule has 0 bridgehead atoms. The molecule has 3 rings (SSSR count). The molecule has 0 aliphatic carbocycles. The van der Waals surface area contributed by atoms with Crippen LogP contribution >= 0.6 is 0 Å². The lowest BCUT2D eigenvalue weighted by atomic mass is 10.0. The average molecular weight is 340 g/mol. The third-order valence-electron chi connectivity index (χ3n) is 4.51. The Kier molecular flexibility index (Phi) is 4.31. The standard InChI is InChI=1S/C16H25FN4O3/c1-16(2,3)24-15(23)19-6-4-12(5-7-19)21-11-20-10-18(9-17)8-13(20)14(21)22/h8,12H,4-7,9-11H2,1-3H3. The van der Waals surface area contributed by atoms with Crippen molar-refractivity contribution in [2.45, 2.75) is 45.3 Å². The van der Waals surface area contributed by atoms with E-state index in [1.165, 1.54) is 4.90 Å². The molecule has 3 heterocycles. The van der Waals surface area contributed by atoms with Crippen LogP contribution in [0.25, 0.3) is 0 Å². The summed E-state index contributed by atoms with van der Waals surface area (Å²) in [5.41, 5.74) is 0.0699. The summed E-state index contributed by atoms with van der Waals surface area (Å²) in [5, 5.41) is 0. The van der Waals surface area contributed by atoms with Gasteiger partial charge >= 0.3 is 6.09 Å². The smallest absolute Gasteiger partial charge is 0.410 e. The summed E-state index contributed by atoms with van der Waals surface area (Å²) in [7, 11) is 0. The van der Waals surface area contributed by atoms with Crippen molar-refractivity contribution in [2.75, 3.05) is 33.2 Å². The highest BCUT2D eigenvalue weighted by molar-refractivity contribution is 5.95. The fourth-order valence-corrected chi connectivity index (χ4v) is 3.34. The van der Waals surface area contributed by atoms with Gasteiger partial charge in [0.1, 0.15) is 11.3 Å². The van der Waals surface area contributed by atoms with Crippen LogP contribution in [-0.4, -0.2) is 76.5 Å². The minimum absolute atomic E-state index is 0.0401. The highest BCUT2D eigenvalue weighted by atomic mass is 19.1. The number of hydrogen-bond acceptors (Lipinski definition) is 5. The number of carbonyl (C=O) groups is 2. The molecule has 2 fully saturated rings. The quantitative estimate of drug-likeness (QED) is 0.714. The molecule has 3 aliphatic rings. The van der Waals surface area contributed by atoms with Crippen molar-refractivity contribution >= 4 is 12.0 Å². The molecule has 0 aromatic rings. The minimum atomic E-state index is -0.582. The molecule has 0 spiro atoms. The first-order chi connectivity index (χ1) is 11.3. The van der Waals surface area contributed by atoms with Crippen LogP contribution in [0.2, 0.25) is 0 Å². The number of nitrogens with zero attached hydrogens (tertiary/aromatic N) is 4. The first kappa shape index (κ1) is 16.9. The summed E-state index contributed by atoms with van der Waals surface area (Å²) in [6.45, 7) is 7.05. The van der Waals surface area contributed by atoms with E-state index in [0.29, 0.717) is 32.1 Å². The van der Waals surface area contributed by atoms with E-state index in [4.69, 9.17) is 4.74 Å². The zero-order valence-electron chi connectivity index (χ0n) is 14.5. The SMILES string of the molecule is CC(C)(C)OC(=O)N1CCC(N2CN3CN(CF)C=C3C2=O)CC1. The van der Waals surface area contributed by atoms with Gasteiger partial charge in [0.05, 0.1) is 13.3 Å². The van der Waals surface area contributed by atoms with Crippen LogP contribution in [0.4, 0.5) is 9.18 Å². The van der Waals surface area contributed by atoms with Gasteiger partial charge in [0.15, 0.2) is 6.80 Å². The number of alkyl halides is 1. The second-order valence-electron chi connectivity index (χ2n) is 7.52. The number of ether oxygens (including phenoxy) is 1. The van der Waals surface area contributed by atoms with E-state index in [1.807, 2.05) is 30.6 Å². The van der Waals surface area contributed by atoms with Crippen molar-refractivity contribution in [1.29, 1.82) is 0 Å². The first-order valence-corrected chi connectivity index (χ1v) is 8.34. The van der Waals surface area contributed by atoms with E-state index in [-0.39, 0.29) is 18.0 Å². The third-order valence-corrected chi connectivity index (χ3v) is 4.51. The Bertz CT molecular complexity index is 552. The molecule has 0 atom stereocenters. The molecule has 134 valence electrons. The van der Waals surface area contributed by atoms with Crippen LogP contribution in [0.3, 0.4) is 0 Å². The summed E-state index contributed by atoms with van der Waals surface area (Å²) in [5.74, 6) is -0.0401. The molecule has 0 unspecified atom stereocenters. The van der Waals surface area contributed by atoms with Gasteiger partial charge in [0, 0.05) is 25.3 Å². The maximum Gasteiger partial charge on any atom is 0.410 e. The molecule has 2 saturated heterocycles. The molecule has 2 amide bonds. The van der Waals surface area contributed by atoms with E-state index in [1.54, 1.807) is 11.1 Å². The van der Waals surface area contributed by atoms with Gasteiger partial charge < -0.3 is 24.3 Å². The zero-order valence-corrected chi connectivity index (χ0v) is 14.5. The van der Waals surface area contributed by atoms with Crippen molar-refractivity contribution < 1.29 is 18.7 Å². The lowest BCUT2D eigenvalue weighted by molar-refractivity contribution is -0.127. The molecule has 8 heteroatoms. The Morgan fingerprint density at radius 1 is 1.29 bits per heavy atom. The van der Waals surface area contributed by atoms with Crippen molar-refractivity contribution in [1.82, 2.24) is 19.6 Å². The number of fused-ring (bicyclic) bond motifs is 1. The number of likely N-dealkylation sites (tertiary alicyclic amines) is 1. The maximum atomic E-state index is 12.7. The molecule has 0 saturated carbocycles. The lowest BCUT2D eigenvalue weighted by Gasteiger charge is -2.37. The number of rotatable bonds is 2. The fourth-order valence-electron chi connectivity index (χ4n) is 3.34. The van der Waals surface area contributed by atoms with Gasteiger partial charge in [-0.1, -0.05) is 0 Å². The number of amides is 2. The van der Waals surface area contributed by atoms with E-state index in [9.17, 15) is 14.0 Å². The third kappa shape index (κ3) is 3.27. The molecule has 3 aliphatic heterocycles. The topological polar surface area (TPSA) is 56.3 Å². The summed E-state index contributed by atoms with van der Waals surface area (Å²) < 4.78 is 18.1. The van der Waals surface area contributed by atoms with Crippen LogP contribution in [0.5, 0.6) is 0 Å². The molecule has 0 aromatic heterocycles. The Balaban J connectivity index is 1.55. The minimum Gasteiger partial charge on any atom is -0.444 e.